The first kappa shape index (κ1) is 10.5. The monoisotopic (exact) mass is 210 g/mol. The third kappa shape index (κ3) is 1.73. The van der Waals surface area contributed by atoms with Crippen molar-refractivity contribution in [3.05, 3.63) is 0 Å². The molecule has 2 aliphatic heterocycles. The van der Waals surface area contributed by atoms with Crippen LogP contribution < -0.4 is 0 Å². The minimum absolute atomic E-state index is 0.119. The minimum Gasteiger partial charge on any atom is -0.329 e. The van der Waals surface area contributed by atoms with Gasteiger partial charge in [-0.25, -0.2) is 0 Å². The second-order valence-electron chi connectivity index (χ2n) is 4.66. The maximum absolute atomic E-state index is 12.1. The lowest BCUT2D eigenvalue weighted by Crippen LogP contribution is -2.62. The Kier molecular flexibility index (Phi) is 2.67. The summed E-state index contributed by atoms with van der Waals surface area (Å²) in [6.45, 7) is 4.96. The Balaban J connectivity index is 2.19. The van der Waals surface area contributed by atoms with Crippen LogP contribution in [0.3, 0.4) is 0 Å². The fourth-order valence-corrected chi connectivity index (χ4v) is 2.43. The van der Waals surface area contributed by atoms with Gasteiger partial charge < -0.3 is 9.80 Å². The molecule has 4 heteroatoms. The Morgan fingerprint density at radius 3 is 2.67 bits per heavy atom. The minimum atomic E-state index is -0.164. The van der Waals surface area contributed by atoms with Crippen LogP contribution in [0.2, 0.25) is 0 Å². The highest BCUT2D eigenvalue weighted by Gasteiger charge is 2.40. The molecule has 2 heterocycles. The highest BCUT2D eigenvalue weighted by Crippen LogP contribution is 2.23. The lowest BCUT2D eigenvalue weighted by atomic mass is 9.98. The summed E-state index contributed by atoms with van der Waals surface area (Å²) in [6, 6.07) is -0.0343. The van der Waals surface area contributed by atoms with Gasteiger partial charge in [0, 0.05) is 12.6 Å². The van der Waals surface area contributed by atoms with Crippen molar-refractivity contribution in [2.24, 2.45) is 0 Å². The van der Waals surface area contributed by atoms with E-state index in [0.717, 1.165) is 25.8 Å². The third-order valence-electron chi connectivity index (χ3n) is 3.32. The van der Waals surface area contributed by atoms with Crippen molar-refractivity contribution in [2.45, 2.75) is 45.2 Å². The summed E-state index contributed by atoms with van der Waals surface area (Å²) >= 11 is 0. The molecule has 0 saturated carbocycles. The average Bonchev–Trinajstić information content (AvgIpc) is 2.23. The number of rotatable bonds is 1. The third-order valence-corrected chi connectivity index (χ3v) is 3.32. The SMILES string of the molecule is CC(C)N1CC(=O)N2CCCCC2C1=O. The van der Waals surface area contributed by atoms with Crippen LogP contribution >= 0.6 is 0 Å². The molecule has 4 nitrogen and oxygen atoms in total. The van der Waals surface area contributed by atoms with Gasteiger partial charge in [0.1, 0.15) is 12.6 Å². The summed E-state index contributed by atoms with van der Waals surface area (Å²) in [5.41, 5.74) is 0. The molecule has 2 amide bonds. The van der Waals surface area contributed by atoms with Gasteiger partial charge in [0.2, 0.25) is 11.8 Å². The number of nitrogens with zero attached hydrogens (tertiary/aromatic N) is 2. The van der Waals surface area contributed by atoms with Crippen LogP contribution in [0.4, 0.5) is 0 Å². The van der Waals surface area contributed by atoms with Crippen LogP contribution in [0.5, 0.6) is 0 Å². The van der Waals surface area contributed by atoms with E-state index in [2.05, 4.69) is 0 Å². The maximum Gasteiger partial charge on any atom is 0.246 e. The molecular formula is C11H18N2O2. The summed E-state index contributed by atoms with van der Waals surface area (Å²) in [5, 5.41) is 0. The lowest BCUT2D eigenvalue weighted by molar-refractivity contribution is -0.159. The van der Waals surface area contributed by atoms with Gasteiger partial charge in [-0.2, -0.15) is 0 Å². The highest BCUT2D eigenvalue weighted by atomic mass is 16.2. The molecule has 0 spiro atoms. The van der Waals surface area contributed by atoms with E-state index in [-0.39, 0.29) is 30.4 Å². The number of carbonyl (C=O) groups is 2. The van der Waals surface area contributed by atoms with Gasteiger partial charge in [-0.15, -0.1) is 0 Å². The zero-order chi connectivity index (χ0) is 11.0. The second-order valence-corrected chi connectivity index (χ2v) is 4.66. The Hall–Kier alpha value is -1.06. The summed E-state index contributed by atoms with van der Waals surface area (Å²) < 4.78 is 0. The normalized spacial score (nSPS) is 27.3. The van der Waals surface area contributed by atoms with Gasteiger partial charge in [-0.3, -0.25) is 9.59 Å². The fourth-order valence-electron chi connectivity index (χ4n) is 2.43. The lowest BCUT2D eigenvalue weighted by Gasteiger charge is -2.44. The summed E-state index contributed by atoms with van der Waals surface area (Å²) in [6.07, 6.45) is 2.94. The van der Waals surface area contributed by atoms with Crippen LogP contribution in [0, 0.1) is 0 Å². The van der Waals surface area contributed by atoms with E-state index in [9.17, 15) is 9.59 Å². The van der Waals surface area contributed by atoms with Crippen LogP contribution in [-0.2, 0) is 9.59 Å². The molecule has 0 radical (unpaired) electrons. The van der Waals surface area contributed by atoms with Crippen molar-refractivity contribution in [3.8, 4) is 0 Å². The number of carbonyl (C=O) groups excluding carboxylic acids is 2. The molecule has 0 aromatic rings. The molecule has 0 bridgehead atoms. The van der Waals surface area contributed by atoms with E-state index in [1.54, 1.807) is 9.80 Å². The van der Waals surface area contributed by atoms with Gasteiger partial charge in [0.15, 0.2) is 0 Å². The number of hydrogen-bond acceptors (Lipinski definition) is 2. The first-order valence-corrected chi connectivity index (χ1v) is 5.71. The summed E-state index contributed by atoms with van der Waals surface area (Å²) in [7, 11) is 0. The van der Waals surface area contributed by atoms with Gasteiger partial charge in [-0.1, -0.05) is 0 Å². The molecule has 2 fully saturated rings. The molecule has 0 N–H and O–H groups in total. The Labute approximate surface area is 90.2 Å². The van der Waals surface area contributed by atoms with Crippen LogP contribution in [0.25, 0.3) is 0 Å². The van der Waals surface area contributed by atoms with Crippen molar-refractivity contribution >= 4 is 11.8 Å². The van der Waals surface area contributed by atoms with E-state index in [4.69, 9.17) is 0 Å². The first-order valence-electron chi connectivity index (χ1n) is 5.71. The van der Waals surface area contributed by atoms with E-state index in [1.165, 1.54) is 0 Å². The molecule has 1 atom stereocenters. The van der Waals surface area contributed by atoms with Gasteiger partial charge in [0.05, 0.1) is 0 Å². The van der Waals surface area contributed by atoms with E-state index in [1.807, 2.05) is 13.8 Å². The number of hydrogen-bond donors (Lipinski definition) is 0. The molecule has 0 aromatic carbocycles. The zero-order valence-electron chi connectivity index (χ0n) is 9.40. The molecule has 1 unspecified atom stereocenters. The fraction of sp³-hybridized carbons (Fsp3) is 0.818. The Morgan fingerprint density at radius 2 is 2.00 bits per heavy atom. The van der Waals surface area contributed by atoms with E-state index in [0.29, 0.717) is 0 Å². The predicted octanol–water partition coefficient (Wildman–Crippen LogP) is 0.618. The van der Waals surface area contributed by atoms with Crippen molar-refractivity contribution in [3.63, 3.8) is 0 Å². The Bertz CT molecular complexity index is 288. The van der Waals surface area contributed by atoms with Crippen molar-refractivity contribution in [2.75, 3.05) is 13.1 Å². The van der Waals surface area contributed by atoms with E-state index < -0.39 is 0 Å². The number of piperidine rings is 1. The smallest absolute Gasteiger partial charge is 0.246 e. The predicted molar refractivity (Wildman–Crippen MR) is 56.2 cm³/mol. The highest BCUT2D eigenvalue weighted by molar-refractivity contribution is 5.95. The molecular weight excluding hydrogens is 192 g/mol. The maximum atomic E-state index is 12.1. The number of fused-ring (bicyclic) bond motifs is 1. The topological polar surface area (TPSA) is 40.6 Å². The summed E-state index contributed by atoms with van der Waals surface area (Å²) in [5.74, 6) is 0.261. The van der Waals surface area contributed by atoms with Crippen LogP contribution in [0.15, 0.2) is 0 Å². The molecule has 0 aromatic heterocycles. The van der Waals surface area contributed by atoms with Crippen molar-refractivity contribution in [1.29, 1.82) is 0 Å². The second kappa shape index (κ2) is 3.83. The molecule has 2 aliphatic rings. The quantitative estimate of drug-likeness (QED) is 0.636. The number of piperazine rings is 1. The van der Waals surface area contributed by atoms with Gasteiger partial charge in [0.25, 0.3) is 0 Å². The molecule has 15 heavy (non-hydrogen) atoms. The van der Waals surface area contributed by atoms with Crippen LogP contribution in [-0.4, -0.2) is 46.8 Å². The molecule has 2 saturated heterocycles. The van der Waals surface area contributed by atoms with Gasteiger partial charge >= 0.3 is 0 Å². The molecule has 2 rings (SSSR count). The standard InChI is InChI=1S/C11H18N2O2/c1-8(2)13-7-10(14)12-6-4-3-5-9(12)11(13)15/h8-9H,3-7H2,1-2H3. The summed E-state index contributed by atoms with van der Waals surface area (Å²) in [4.78, 5) is 27.4. The molecule has 0 aliphatic carbocycles. The Morgan fingerprint density at radius 1 is 1.27 bits per heavy atom. The van der Waals surface area contributed by atoms with Gasteiger partial charge in [-0.05, 0) is 33.1 Å². The molecule has 84 valence electrons. The van der Waals surface area contributed by atoms with Crippen LogP contribution in [0.1, 0.15) is 33.1 Å². The zero-order valence-corrected chi connectivity index (χ0v) is 9.40. The number of amides is 2. The van der Waals surface area contributed by atoms with E-state index >= 15 is 0 Å². The van der Waals surface area contributed by atoms with Crippen molar-refractivity contribution in [1.82, 2.24) is 9.80 Å². The van der Waals surface area contributed by atoms with Crippen molar-refractivity contribution < 1.29 is 9.59 Å². The largest absolute Gasteiger partial charge is 0.329 e. The first-order chi connectivity index (χ1) is 7.11. The average molecular weight is 210 g/mol.